The Hall–Kier alpha value is -2.97. The van der Waals surface area contributed by atoms with Crippen molar-refractivity contribution in [2.24, 2.45) is 11.8 Å². The van der Waals surface area contributed by atoms with Gasteiger partial charge in [-0.05, 0) is 63.1 Å². The Morgan fingerprint density at radius 2 is 1.92 bits per heavy atom. The molecule has 37 heavy (non-hydrogen) atoms. The second-order valence-electron chi connectivity index (χ2n) is 10.5. The van der Waals surface area contributed by atoms with Crippen LogP contribution in [0.5, 0.6) is 0 Å². The summed E-state index contributed by atoms with van der Waals surface area (Å²) in [5.74, 6) is -2.61. The van der Waals surface area contributed by atoms with Gasteiger partial charge in [0.05, 0.1) is 18.6 Å². The fourth-order valence-electron chi connectivity index (χ4n) is 6.28. The van der Waals surface area contributed by atoms with Gasteiger partial charge in [0.25, 0.3) is 5.91 Å². The topological polar surface area (TPSA) is 96.4 Å². The minimum Gasteiger partial charge on any atom is -0.465 e. The number of hydrogen-bond donors (Lipinski definition) is 1. The predicted octanol–water partition coefficient (Wildman–Crippen LogP) is 2.84. The van der Waals surface area contributed by atoms with Crippen LogP contribution in [0.3, 0.4) is 0 Å². The van der Waals surface area contributed by atoms with Crippen LogP contribution in [0.2, 0.25) is 0 Å². The predicted molar refractivity (Wildman–Crippen MR) is 138 cm³/mol. The molecule has 2 fully saturated rings. The zero-order chi connectivity index (χ0) is 26.2. The largest absolute Gasteiger partial charge is 0.465 e. The summed E-state index contributed by atoms with van der Waals surface area (Å²) in [5, 5.41) is 9.36. The molecule has 1 aromatic rings. The van der Waals surface area contributed by atoms with Crippen molar-refractivity contribution in [3.63, 3.8) is 0 Å². The first kappa shape index (κ1) is 25.7. The van der Waals surface area contributed by atoms with E-state index in [0.717, 1.165) is 36.1 Å². The number of rotatable bonds is 5. The number of nitrogens with zero attached hydrogens (tertiary/aromatic N) is 2. The van der Waals surface area contributed by atoms with Gasteiger partial charge in [-0.25, -0.2) is 0 Å². The second-order valence-corrected chi connectivity index (χ2v) is 10.5. The molecule has 0 saturated carbocycles. The van der Waals surface area contributed by atoms with Crippen LogP contribution in [0, 0.1) is 25.7 Å². The summed E-state index contributed by atoms with van der Waals surface area (Å²) in [6.45, 7) is 4.90. The molecule has 8 nitrogen and oxygen atoms in total. The van der Waals surface area contributed by atoms with Crippen LogP contribution >= 0.6 is 0 Å². The number of aliphatic hydroxyl groups excluding tert-OH is 1. The van der Waals surface area contributed by atoms with Gasteiger partial charge in [-0.1, -0.05) is 36.4 Å². The molecule has 4 heterocycles. The Morgan fingerprint density at radius 3 is 2.73 bits per heavy atom. The molecule has 0 radical (unpaired) electrons. The number of aryl methyl sites for hydroxylation is 2. The SMILES string of the molecule is Cc1ccc(C)c(N2CC=C[C@]34O[C@@H]5/C=C\CCCCOC(=O)[C@@H]5[C@H]3C(=O)N(CCCCO)C4C2=O)c1. The standard InChI is InChI=1S/C29H36N2O6/c1-19-11-12-20(2)21(18-19)30-15-9-13-29-24(26(33)31(14-6-7-16-32)25(29)27(30)34)23-22(37-29)10-5-3-4-8-17-36-28(23)35/h5,9-13,18,22-25,32H,3-4,6-8,14-17H2,1-2H3/b10-5-/t22-,23+,24+,25?,29+/m1/s1. The highest BCUT2D eigenvalue weighted by atomic mass is 16.6. The number of amides is 2. The van der Waals surface area contributed by atoms with Crippen LogP contribution in [0.4, 0.5) is 5.69 Å². The van der Waals surface area contributed by atoms with Crippen molar-refractivity contribution < 1.29 is 29.0 Å². The summed E-state index contributed by atoms with van der Waals surface area (Å²) in [7, 11) is 0. The van der Waals surface area contributed by atoms with E-state index in [4.69, 9.17) is 9.47 Å². The molecule has 1 unspecified atom stereocenters. The summed E-state index contributed by atoms with van der Waals surface area (Å²) in [5.41, 5.74) is 1.53. The number of anilines is 1. The molecule has 5 rings (SSSR count). The Balaban J connectivity index is 1.60. The Morgan fingerprint density at radius 1 is 1.08 bits per heavy atom. The molecular weight excluding hydrogens is 472 g/mol. The minimum atomic E-state index is -1.27. The van der Waals surface area contributed by atoms with Gasteiger partial charge in [0.15, 0.2) is 0 Å². The minimum absolute atomic E-state index is 0.00203. The number of esters is 1. The first-order valence-corrected chi connectivity index (χ1v) is 13.4. The van der Waals surface area contributed by atoms with Crippen molar-refractivity contribution in [1.82, 2.24) is 4.90 Å². The lowest BCUT2D eigenvalue weighted by molar-refractivity contribution is -0.154. The molecule has 1 spiro atoms. The molecule has 5 atom stereocenters. The third kappa shape index (κ3) is 4.40. The van der Waals surface area contributed by atoms with E-state index < -0.39 is 35.6 Å². The molecule has 8 heteroatoms. The molecule has 0 aromatic heterocycles. The Labute approximate surface area is 217 Å². The van der Waals surface area contributed by atoms with Crippen molar-refractivity contribution >= 4 is 23.5 Å². The lowest BCUT2D eigenvalue weighted by Gasteiger charge is -2.35. The number of hydrogen-bond acceptors (Lipinski definition) is 6. The third-order valence-electron chi connectivity index (χ3n) is 8.06. The Kier molecular flexibility index (Phi) is 7.23. The number of benzene rings is 1. The van der Waals surface area contributed by atoms with Crippen LogP contribution in [-0.2, 0) is 23.9 Å². The average Bonchev–Trinajstić information content (AvgIpc) is 3.26. The van der Waals surface area contributed by atoms with Crippen LogP contribution in [0.25, 0.3) is 0 Å². The zero-order valence-electron chi connectivity index (χ0n) is 21.6. The number of unbranched alkanes of at least 4 members (excludes halogenated alkanes) is 1. The smallest absolute Gasteiger partial charge is 0.312 e. The van der Waals surface area contributed by atoms with E-state index in [1.54, 1.807) is 9.80 Å². The molecule has 0 aliphatic carbocycles. The molecule has 198 valence electrons. The quantitative estimate of drug-likeness (QED) is 0.373. The van der Waals surface area contributed by atoms with Crippen LogP contribution in [-0.4, -0.2) is 71.8 Å². The van der Waals surface area contributed by atoms with E-state index in [1.165, 1.54) is 0 Å². The number of likely N-dealkylation sites (tertiary alicyclic amines) is 1. The second kappa shape index (κ2) is 10.4. The normalized spacial score (nSPS) is 32.5. The average molecular weight is 509 g/mol. The lowest BCUT2D eigenvalue weighted by Crippen LogP contribution is -2.55. The summed E-state index contributed by atoms with van der Waals surface area (Å²) >= 11 is 0. The Bertz CT molecular complexity index is 1130. The highest BCUT2D eigenvalue weighted by Gasteiger charge is 2.71. The van der Waals surface area contributed by atoms with E-state index in [-0.39, 0.29) is 18.4 Å². The summed E-state index contributed by atoms with van der Waals surface area (Å²) < 4.78 is 12.2. The van der Waals surface area contributed by atoms with E-state index in [0.29, 0.717) is 32.5 Å². The van der Waals surface area contributed by atoms with Gasteiger partial charge in [0.1, 0.15) is 17.6 Å². The highest BCUT2D eigenvalue weighted by Crippen LogP contribution is 2.53. The molecule has 2 amide bonds. The number of ether oxygens (including phenoxy) is 2. The summed E-state index contributed by atoms with van der Waals surface area (Å²) in [6.07, 6.45) is 10.5. The number of fused-ring (bicyclic) bond motifs is 2. The van der Waals surface area contributed by atoms with Gasteiger partial charge in [-0.2, -0.15) is 0 Å². The van der Waals surface area contributed by atoms with Crippen LogP contribution < -0.4 is 4.90 Å². The fraction of sp³-hybridized carbons (Fsp3) is 0.552. The van der Waals surface area contributed by atoms with Gasteiger partial charge >= 0.3 is 5.97 Å². The zero-order valence-corrected chi connectivity index (χ0v) is 21.6. The summed E-state index contributed by atoms with van der Waals surface area (Å²) in [4.78, 5) is 45.1. The first-order valence-electron chi connectivity index (χ1n) is 13.4. The molecule has 4 aliphatic rings. The van der Waals surface area contributed by atoms with Gasteiger partial charge < -0.3 is 24.4 Å². The van der Waals surface area contributed by atoms with E-state index in [9.17, 15) is 19.5 Å². The van der Waals surface area contributed by atoms with Crippen molar-refractivity contribution in [2.75, 3.05) is 31.2 Å². The number of carbonyl (C=O) groups excluding carboxylic acids is 3. The molecule has 2 saturated heterocycles. The lowest BCUT2D eigenvalue weighted by atomic mass is 9.78. The van der Waals surface area contributed by atoms with Crippen molar-refractivity contribution in [1.29, 1.82) is 0 Å². The fourth-order valence-corrected chi connectivity index (χ4v) is 6.28. The van der Waals surface area contributed by atoms with Gasteiger partial charge in [-0.3, -0.25) is 14.4 Å². The number of cyclic esters (lactones) is 1. The first-order chi connectivity index (χ1) is 17.9. The van der Waals surface area contributed by atoms with Gasteiger partial charge in [-0.15, -0.1) is 0 Å². The molecule has 0 bridgehead atoms. The van der Waals surface area contributed by atoms with Crippen LogP contribution in [0.15, 0.2) is 42.5 Å². The van der Waals surface area contributed by atoms with Crippen molar-refractivity contribution in [3.8, 4) is 0 Å². The maximum Gasteiger partial charge on any atom is 0.312 e. The molecular formula is C29H36N2O6. The van der Waals surface area contributed by atoms with Crippen molar-refractivity contribution in [3.05, 3.63) is 53.6 Å². The van der Waals surface area contributed by atoms with Gasteiger partial charge in [0.2, 0.25) is 5.91 Å². The third-order valence-corrected chi connectivity index (χ3v) is 8.06. The summed E-state index contributed by atoms with van der Waals surface area (Å²) in [6, 6.07) is 5.07. The van der Waals surface area contributed by atoms with Crippen LogP contribution in [0.1, 0.15) is 43.2 Å². The number of aliphatic hydroxyl groups is 1. The molecule has 1 aromatic carbocycles. The maximum absolute atomic E-state index is 14.4. The highest BCUT2D eigenvalue weighted by molar-refractivity contribution is 6.05. The molecule has 4 aliphatic heterocycles. The van der Waals surface area contributed by atoms with E-state index in [1.807, 2.05) is 56.4 Å². The number of allylic oxidation sites excluding steroid dienone is 1. The van der Waals surface area contributed by atoms with Crippen molar-refractivity contribution in [2.45, 2.75) is 63.7 Å². The maximum atomic E-state index is 14.4. The number of carbonyl (C=O) groups is 3. The molecule has 1 N–H and O–H groups in total. The van der Waals surface area contributed by atoms with Gasteiger partial charge in [0, 0.05) is 25.4 Å². The van der Waals surface area contributed by atoms with E-state index in [2.05, 4.69) is 0 Å². The van der Waals surface area contributed by atoms with E-state index >= 15 is 0 Å². The monoisotopic (exact) mass is 508 g/mol.